The highest BCUT2D eigenvalue weighted by molar-refractivity contribution is 14.1. The molecule has 0 bridgehead atoms. The van der Waals surface area contributed by atoms with Crippen LogP contribution >= 0.6 is 38.5 Å². The summed E-state index contributed by atoms with van der Waals surface area (Å²) < 4.78 is 2.39. The minimum atomic E-state index is 1.13. The van der Waals surface area contributed by atoms with E-state index in [0.717, 1.165) is 4.47 Å². The molecule has 1 N–H and O–H groups in total. The zero-order chi connectivity index (χ0) is 7.84. The third-order valence-corrected chi connectivity index (χ3v) is 2.92. The van der Waals surface area contributed by atoms with E-state index in [1.165, 1.54) is 14.5 Å². The maximum absolute atomic E-state index is 3.47. The fourth-order valence-electron chi connectivity index (χ4n) is 1.06. The molecule has 0 radical (unpaired) electrons. The topological polar surface area (TPSA) is 15.8 Å². The number of H-pyrrole nitrogens is 1. The van der Waals surface area contributed by atoms with Crippen molar-refractivity contribution in [3.63, 3.8) is 0 Å². The summed E-state index contributed by atoms with van der Waals surface area (Å²) in [6, 6.07) is 6.32. The van der Waals surface area contributed by atoms with Crippen LogP contribution < -0.4 is 0 Å². The van der Waals surface area contributed by atoms with E-state index in [1.807, 2.05) is 6.20 Å². The van der Waals surface area contributed by atoms with Crippen LogP contribution in [0.15, 0.2) is 28.9 Å². The number of hydrogen-bond donors (Lipinski definition) is 1. The minimum absolute atomic E-state index is 1.13. The second kappa shape index (κ2) is 2.79. The molecule has 56 valence electrons. The highest BCUT2D eigenvalue weighted by Gasteiger charge is 1.99. The lowest BCUT2D eigenvalue weighted by atomic mass is 10.3. The van der Waals surface area contributed by atoms with E-state index >= 15 is 0 Å². The first-order chi connectivity index (χ1) is 5.27. The van der Waals surface area contributed by atoms with E-state index in [0.29, 0.717) is 0 Å². The molecule has 11 heavy (non-hydrogen) atoms. The summed E-state index contributed by atoms with van der Waals surface area (Å²) in [5, 5.41) is 1.25. The molecule has 0 amide bonds. The van der Waals surface area contributed by atoms with Gasteiger partial charge in [-0.15, -0.1) is 0 Å². The normalized spacial score (nSPS) is 10.7. The van der Waals surface area contributed by atoms with Crippen LogP contribution in [0, 0.1) is 3.57 Å². The van der Waals surface area contributed by atoms with Crippen LogP contribution in [-0.2, 0) is 0 Å². The third-order valence-electron chi connectivity index (χ3n) is 1.59. The smallest absolute Gasteiger partial charge is 0.0466 e. The van der Waals surface area contributed by atoms with E-state index in [1.54, 1.807) is 0 Å². The van der Waals surface area contributed by atoms with Crippen molar-refractivity contribution in [2.75, 3.05) is 0 Å². The van der Waals surface area contributed by atoms with Crippen molar-refractivity contribution in [3.8, 4) is 0 Å². The van der Waals surface area contributed by atoms with Crippen LogP contribution in [0.1, 0.15) is 0 Å². The summed E-state index contributed by atoms with van der Waals surface area (Å²) in [5.41, 5.74) is 1.18. The zero-order valence-electron chi connectivity index (χ0n) is 5.57. The lowest BCUT2D eigenvalue weighted by Crippen LogP contribution is -1.70. The Balaban J connectivity index is 2.87. The molecule has 2 aromatic rings. The average Bonchev–Trinajstić information content (AvgIpc) is 2.33. The van der Waals surface area contributed by atoms with E-state index in [4.69, 9.17) is 0 Å². The molecule has 2 rings (SSSR count). The van der Waals surface area contributed by atoms with Crippen LogP contribution in [0.5, 0.6) is 0 Å². The Morgan fingerprint density at radius 3 is 3.00 bits per heavy atom. The number of halogens is 2. The van der Waals surface area contributed by atoms with Gasteiger partial charge in [0.15, 0.2) is 0 Å². The Kier molecular flexibility index (Phi) is 1.93. The lowest BCUT2D eigenvalue weighted by molar-refractivity contribution is 1.47. The number of hydrogen-bond acceptors (Lipinski definition) is 0. The van der Waals surface area contributed by atoms with Crippen molar-refractivity contribution in [1.29, 1.82) is 0 Å². The zero-order valence-corrected chi connectivity index (χ0v) is 9.31. The summed E-state index contributed by atoms with van der Waals surface area (Å²) in [6.07, 6.45) is 1.96. The van der Waals surface area contributed by atoms with Gasteiger partial charge in [0.05, 0.1) is 0 Å². The number of benzene rings is 1. The molecule has 0 fully saturated rings. The van der Waals surface area contributed by atoms with E-state index in [9.17, 15) is 0 Å². The number of nitrogens with one attached hydrogen (secondary N) is 1. The molecular weight excluding hydrogens is 317 g/mol. The molecule has 0 saturated carbocycles. The van der Waals surface area contributed by atoms with Crippen molar-refractivity contribution in [3.05, 3.63) is 32.4 Å². The van der Waals surface area contributed by atoms with Gasteiger partial charge in [0.25, 0.3) is 0 Å². The Labute approximate surface area is 86.5 Å². The number of rotatable bonds is 0. The largest absolute Gasteiger partial charge is 0.360 e. The SMILES string of the molecule is Brc1c[nH]c2ccc(I)cc12. The molecule has 1 heterocycles. The Hall–Kier alpha value is -0.0300. The van der Waals surface area contributed by atoms with Gasteiger partial charge in [-0.2, -0.15) is 0 Å². The van der Waals surface area contributed by atoms with Crippen LogP contribution in [0.4, 0.5) is 0 Å². The maximum atomic E-state index is 3.47. The van der Waals surface area contributed by atoms with E-state index < -0.39 is 0 Å². The highest BCUT2D eigenvalue weighted by atomic mass is 127. The standard InChI is InChI=1S/C8H5BrIN/c9-7-4-11-8-2-1-5(10)3-6(7)8/h1-4,11H. The molecule has 0 aliphatic heterocycles. The van der Waals surface area contributed by atoms with Crippen LogP contribution in [0.3, 0.4) is 0 Å². The quantitative estimate of drug-likeness (QED) is 0.714. The fraction of sp³-hybridized carbons (Fsp3) is 0. The molecule has 0 saturated heterocycles. The predicted octanol–water partition coefficient (Wildman–Crippen LogP) is 3.54. The molecule has 1 nitrogen and oxygen atoms in total. The second-order valence-corrected chi connectivity index (χ2v) is 4.43. The van der Waals surface area contributed by atoms with Gasteiger partial charge in [0.2, 0.25) is 0 Å². The molecule has 3 heteroatoms. The molecule has 1 aromatic heterocycles. The first-order valence-corrected chi connectivity index (χ1v) is 5.07. The van der Waals surface area contributed by atoms with Crippen molar-refractivity contribution in [1.82, 2.24) is 4.98 Å². The van der Waals surface area contributed by atoms with Crippen LogP contribution in [0.2, 0.25) is 0 Å². The van der Waals surface area contributed by atoms with Crippen LogP contribution in [-0.4, -0.2) is 4.98 Å². The lowest BCUT2D eigenvalue weighted by Gasteiger charge is -1.90. The van der Waals surface area contributed by atoms with Gasteiger partial charge in [0.1, 0.15) is 0 Å². The number of fused-ring (bicyclic) bond motifs is 1. The first kappa shape index (κ1) is 7.61. The molecule has 0 atom stereocenters. The van der Waals surface area contributed by atoms with E-state index in [2.05, 4.69) is 61.7 Å². The average molecular weight is 322 g/mol. The summed E-state index contributed by atoms with van der Waals surface area (Å²) in [7, 11) is 0. The van der Waals surface area contributed by atoms with Gasteiger partial charge in [-0.3, -0.25) is 0 Å². The van der Waals surface area contributed by atoms with Gasteiger partial charge in [-0.25, -0.2) is 0 Å². The summed E-state index contributed by atoms with van der Waals surface area (Å²) in [4.78, 5) is 3.16. The highest BCUT2D eigenvalue weighted by Crippen LogP contribution is 2.24. The number of aromatic nitrogens is 1. The molecule has 0 unspecified atom stereocenters. The molecule has 0 spiro atoms. The van der Waals surface area contributed by atoms with E-state index in [-0.39, 0.29) is 0 Å². The van der Waals surface area contributed by atoms with Crippen molar-refractivity contribution in [2.24, 2.45) is 0 Å². The second-order valence-electron chi connectivity index (χ2n) is 2.33. The summed E-state index contributed by atoms with van der Waals surface area (Å²) in [6.45, 7) is 0. The molecule has 0 aliphatic rings. The first-order valence-electron chi connectivity index (χ1n) is 3.19. The molecule has 1 aromatic carbocycles. The maximum Gasteiger partial charge on any atom is 0.0466 e. The van der Waals surface area contributed by atoms with Gasteiger partial charge in [-0.1, -0.05) is 0 Å². The van der Waals surface area contributed by atoms with Crippen molar-refractivity contribution >= 4 is 49.4 Å². The van der Waals surface area contributed by atoms with Gasteiger partial charge in [0, 0.05) is 25.1 Å². The Morgan fingerprint density at radius 2 is 2.18 bits per heavy atom. The number of aromatic amines is 1. The predicted molar refractivity (Wildman–Crippen MR) is 58.7 cm³/mol. The van der Waals surface area contributed by atoms with Gasteiger partial charge in [-0.05, 0) is 56.7 Å². The van der Waals surface area contributed by atoms with Crippen LogP contribution in [0.25, 0.3) is 10.9 Å². The Morgan fingerprint density at radius 1 is 1.36 bits per heavy atom. The van der Waals surface area contributed by atoms with Gasteiger partial charge >= 0.3 is 0 Å². The molecular formula is C8H5BrIN. The fourth-order valence-corrected chi connectivity index (χ4v) is 1.99. The Bertz CT molecular complexity index is 394. The van der Waals surface area contributed by atoms with Crippen molar-refractivity contribution in [2.45, 2.75) is 0 Å². The molecule has 0 aliphatic carbocycles. The summed E-state index contributed by atoms with van der Waals surface area (Å²) in [5.74, 6) is 0. The van der Waals surface area contributed by atoms with Crippen molar-refractivity contribution < 1.29 is 0 Å². The monoisotopic (exact) mass is 321 g/mol. The van der Waals surface area contributed by atoms with Gasteiger partial charge < -0.3 is 4.98 Å². The summed E-state index contributed by atoms with van der Waals surface area (Å²) >= 11 is 5.77. The minimum Gasteiger partial charge on any atom is -0.360 e. The third kappa shape index (κ3) is 1.31.